The highest BCUT2D eigenvalue weighted by molar-refractivity contribution is 5.97. The van der Waals surface area contributed by atoms with Crippen LogP contribution in [0.5, 0.6) is 0 Å². The van der Waals surface area contributed by atoms with Crippen molar-refractivity contribution >= 4 is 17.7 Å². The minimum absolute atomic E-state index is 0.149. The number of benzene rings is 2. The number of piperidine rings is 1. The van der Waals surface area contributed by atoms with E-state index >= 15 is 0 Å². The highest BCUT2D eigenvalue weighted by atomic mass is 16.6. The molecule has 1 unspecified atom stereocenters. The predicted molar refractivity (Wildman–Crippen MR) is 106 cm³/mol. The van der Waals surface area contributed by atoms with Gasteiger partial charge in [-0.05, 0) is 49.8 Å². The number of anilines is 1. The highest BCUT2D eigenvalue weighted by Gasteiger charge is 2.33. The van der Waals surface area contributed by atoms with Gasteiger partial charge in [0.25, 0.3) is 0 Å². The van der Waals surface area contributed by atoms with Crippen molar-refractivity contribution in [2.45, 2.75) is 45.8 Å². The van der Waals surface area contributed by atoms with Gasteiger partial charge >= 0.3 is 6.09 Å². The molecule has 0 spiro atoms. The third kappa shape index (κ3) is 4.67. The Kier molecular flexibility index (Phi) is 6.12. The lowest BCUT2D eigenvalue weighted by molar-refractivity contribution is -0.122. The Morgan fingerprint density at radius 1 is 1.04 bits per heavy atom. The highest BCUT2D eigenvalue weighted by Crippen LogP contribution is 2.23. The van der Waals surface area contributed by atoms with E-state index < -0.39 is 12.1 Å². The minimum Gasteiger partial charge on any atom is -0.445 e. The lowest BCUT2D eigenvalue weighted by Crippen LogP contribution is -2.50. The molecule has 1 aliphatic rings. The second kappa shape index (κ2) is 8.71. The predicted octanol–water partition coefficient (Wildman–Crippen LogP) is 4.43. The average Bonchev–Trinajstić information content (AvgIpc) is 2.69. The van der Waals surface area contributed by atoms with Crippen LogP contribution >= 0.6 is 0 Å². The third-order valence-corrected chi connectivity index (χ3v) is 4.97. The maximum Gasteiger partial charge on any atom is 0.410 e. The van der Waals surface area contributed by atoms with Crippen LogP contribution in [-0.2, 0) is 16.1 Å². The quantitative estimate of drug-likeness (QED) is 0.871. The van der Waals surface area contributed by atoms with Crippen molar-refractivity contribution in [3.8, 4) is 0 Å². The van der Waals surface area contributed by atoms with Crippen molar-refractivity contribution in [1.29, 1.82) is 0 Å². The minimum atomic E-state index is -0.499. The molecule has 0 radical (unpaired) electrons. The van der Waals surface area contributed by atoms with Gasteiger partial charge in [-0.1, -0.05) is 48.5 Å². The van der Waals surface area contributed by atoms with Crippen molar-refractivity contribution < 1.29 is 14.3 Å². The normalized spacial score (nSPS) is 16.7. The van der Waals surface area contributed by atoms with E-state index in [0.717, 1.165) is 35.2 Å². The maximum absolute atomic E-state index is 12.9. The third-order valence-electron chi connectivity index (χ3n) is 4.97. The number of hydrogen-bond donors (Lipinski definition) is 1. The summed E-state index contributed by atoms with van der Waals surface area (Å²) in [6.45, 7) is 4.69. The smallest absolute Gasteiger partial charge is 0.410 e. The molecule has 2 aromatic carbocycles. The number of rotatable bonds is 4. The van der Waals surface area contributed by atoms with Crippen molar-refractivity contribution in [1.82, 2.24) is 4.90 Å². The van der Waals surface area contributed by atoms with Crippen LogP contribution in [0.3, 0.4) is 0 Å². The van der Waals surface area contributed by atoms with Gasteiger partial charge in [0.1, 0.15) is 12.6 Å². The van der Waals surface area contributed by atoms with Crippen LogP contribution < -0.4 is 5.32 Å². The first-order valence-electron chi connectivity index (χ1n) is 9.40. The van der Waals surface area contributed by atoms with E-state index in [2.05, 4.69) is 5.32 Å². The van der Waals surface area contributed by atoms with E-state index in [0.29, 0.717) is 13.0 Å². The molecule has 0 bridgehead atoms. The number of likely N-dealkylation sites (tertiary alicyclic amines) is 1. The summed E-state index contributed by atoms with van der Waals surface area (Å²) < 4.78 is 5.45. The first-order valence-corrected chi connectivity index (χ1v) is 9.40. The monoisotopic (exact) mass is 366 g/mol. The van der Waals surface area contributed by atoms with Crippen molar-refractivity contribution in [3.05, 3.63) is 65.2 Å². The van der Waals surface area contributed by atoms with E-state index in [-0.39, 0.29) is 12.5 Å². The number of para-hydroxylation sites is 1. The number of carbonyl (C=O) groups is 2. The van der Waals surface area contributed by atoms with Crippen molar-refractivity contribution in [2.24, 2.45) is 0 Å². The Labute approximate surface area is 160 Å². The van der Waals surface area contributed by atoms with Crippen LogP contribution in [0.1, 0.15) is 36.0 Å². The van der Waals surface area contributed by atoms with Crippen LogP contribution in [0.2, 0.25) is 0 Å². The molecule has 1 saturated heterocycles. The zero-order valence-corrected chi connectivity index (χ0v) is 15.9. The molecule has 3 rings (SSSR count). The Bertz CT molecular complexity index is 784. The Balaban J connectivity index is 1.67. The van der Waals surface area contributed by atoms with Gasteiger partial charge in [-0.2, -0.15) is 0 Å². The molecule has 5 heteroatoms. The summed E-state index contributed by atoms with van der Waals surface area (Å²) in [5.41, 5.74) is 3.78. The zero-order chi connectivity index (χ0) is 19.2. The van der Waals surface area contributed by atoms with Crippen molar-refractivity contribution in [2.75, 3.05) is 11.9 Å². The molecule has 0 aromatic heterocycles. The summed E-state index contributed by atoms with van der Waals surface area (Å²) in [5.74, 6) is -0.149. The molecule has 2 amide bonds. The van der Waals surface area contributed by atoms with E-state index in [1.807, 2.05) is 62.4 Å². The molecule has 2 aromatic rings. The topological polar surface area (TPSA) is 58.6 Å². The molecule has 0 aliphatic carbocycles. The molecule has 27 heavy (non-hydrogen) atoms. The fraction of sp³-hybridized carbons (Fsp3) is 0.364. The standard InChI is InChI=1S/C22H26N2O3/c1-16-9-8-10-17(2)20(16)23-21(25)19-13-6-7-14-24(19)22(26)27-15-18-11-4-3-5-12-18/h3-5,8-12,19H,6-7,13-15H2,1-2H3,(H,23,25). The molecular formula is C22H26N2O3. The summed E-state index contributed by atoms with van der Waals surface area (Å²) in [6.07, 6.45) is 2.03. The summed E-state index contributed by atoms with van der Waals surface area (Å²) in [7, 11) is 0. The van der Waals surface area contributed by atoms with Gasteiger partial charge in [0, 0.05) is 12.2 Å². The number of nitrogens with one attached hydrogen (secondary N) is 1. The first kappa shape index (κ1) is 19.0. The van der Waals surface area contributed by atoms with Crippen LogP contribution in [0.4, 0.5) is 10.5 Å². The molecule has 1 N–H and O–H groups in total. The fourth-order valence-electron chi connectivity index (χ4n) is 3.44. The molecule has 1 heterocycles. The summed E-state index contributed by atoms with van der Waals surface area (Å²) in [4.78, 5) is 27.1. The van der Waals surface area contributed by atoms with E-state index in [1.165, 1.54) is 0 Å². The van der Waals surface area contributed by atoms with Crippen LogP contribution in [-0.4, -0.2) is 29.5 Å². The number of aryl methyl sites for hydroxylation is 2. The van der Waals surface area contributed by atoms with Gasteiger partial charge in [-0.15, -0.1) is 0 Å². The molecular weight excluding hydrogens is 340 g/mol. The SMILES string of the molecule is Cc1cccc(C)c1NC(=O)C1CCCCN1C(=O)OCc1ccccc1. The van der Waals surface area contributed by atoms with Crippen LogP contribution in [0.15, 0.2) is 48.5 Å². The Hall–Kier alpha value is -2.82. The van der Waals surface area contributed by atoms with E-state index in [9.17, 15) is 9.59 Å². The van der Waals surface area contributed by atoms with Gasteiger partial charge in [0.05, 0.1) is 0 Å². The Morgan fingerprint density at radius 3 is 2.44 bits per heavy atom. The second-order valence-corrected chi connectivity index (χ2v) is 7.00. The number of nitrogens with zero attached hydrogens (tertiary/aromatic N) is 1. The number of amides is 2. The fourth-order valence-corrected chi connectivity index (χ4v) is 3.44. The van der Waals surface area contributed by atoms with Gasteiger partial charge < -0.3 is 10.1 Å². The van der Waals surface area contributed by atoms with Gasteiger partial charge in [0.15, 0.2) is 0 Å². The van der Waals surface area contributed by atoms with Crippen LogP contribution in [0, 0.1) is 13.8 Å². The largest absolute Gasteiger partial charge is 0.445 e. The van der Waals surface area contributed by atoms with Gasteiger partial charge in [-0.25, -0.2) is 4.79 Å². The molecule has 1 fully saturated rings. The van der Waals surface area contributed by atoms with Gasteiger partial charge in [-0.3, -0.25) is 9.69 Å². The molecule has 5 nitrogen and oxygen atoms in total. The molecule has 1 aliphatic heterocycles. The number of carbonyl (C=O) groups excluding carboxylic acids is 2. The summed E-state index contributed by atoms with van der Waals surface area (Å²) in [5, 5.41) is 3.02. The van der Waals surface area contributed by atoms with Crippen molar-refractivity contribution in [3.63, 3.8) is 0 Å². The van der Waals surface area contributed by atoms with E-state index in [1.54, 1.807) is 4.90 Å². The molecule has 142 valence electrons. The van der Waals surface area contributed by atoms with E-state index in [4.69, 9.17) is 4.74 Å². The number of ether oxygens (including phenoxy) is 1. The lowest BCUT2D eigenvalue weighted by atomic mass is 10.0. The van der Waals surface area contributed by atoms with Crippen LogP contribution in [0.25, 0.3) is 0 Å². The lowest BCUT2D eigenvalue weighted by Gasteiger charge is -2.34. The summed E-state index contributed by atoms with van der Waals surface area (Å²) >= 11 is 0. The second-order valence-electron chi connectivity index (χ2n) is 7.00. The molecule has 0 saturated carbocycles. The Morgan fingerprint density at radius 2 is 1.74 bits per heavy atom. The zero-order valence-electron chi connectivity index (χ0n) is 15.9. The number of hydrogen-bond acceptors (Lipinski definition) is 3. The maximum atomic E-state index is 12.9. The first-order chi connectivity index (χ1) is 13.1. The summed E-state index contributed by atoms with van der Waals surface area (Å²) in [6, 6.07) is 15.0. The van der Waals surface area contributed by atoms with Gasteiger partial charge in [0.2, 0.25) is 5.91 Å². The molecule has 1 atom stereocenters. The average molecular weight is 366 g/mol.